The lowest BCUT2D eigenvalue weighted by atomic mass is 9.80. The van der Waals surface area contributed by atoms with E-state index in [2.05, 4.69) is 20.8 Å². The Morgan fingerprint density at radius 1 is 1.31 bits per heavy atom. The van der Waals surface area contributed by atoms with E-state index in [1.165, 1.54) is 12.8 Å². The maximum absolute atomic E-state index is 5.93. The van der Waals surface area contributed by atoms with Crippen molar-refractivity contribution in [3.63, 3.8) is 0 Å². The van der Waals surface area contributed by atoms with Crippen LogP contribution in [0, 0.1) is 11.3 Å². The van der Waals surface area contributed by atoms with Crippen molar-refractivity contribution in [1.29, 1.82) is 0 Å². The summed E-state index contributed by atoms with van der Waals surface area (Å²) in [5.41, 5.74) is 0.509. The minimum Gasteiger partial charge on any atom is -0.356 e. The lowest BCUT2D eigenvalue weighted by Crippen LogP contribution is -2.36. The summed E-state index contributed by atoms with van der Waals surface area (Å²) in [6, 6.07) is 0. The molecule has 2 nitrogen and oxygen atoms in total. The van der Waals surface area contributed by atoms with Gasteiger partial charge in [-0.25, -0.2) is 0 Å². The average Bonchev–Trinajstić information content (AvgIpc) is 2.16. The van der Waals surface area contributed by atoms with Crippen molar-refractivity contribution in [2.24, 2.45) is 11.3 Å². The van der Waals surface area contributed by atoms with E-state index in [-0.39, 0.29) is 11.9 Å². The molecule has 2 aliphatic rings. The standard InChI is InChI=1S/C11H20O2/c1-10(2)7-11(3)6-8(10)5-9(12-4)13-11/h8-9H,5-7H2,1-4H3/t8-,9+,11+/m1/s1. The molecule has 2 heteroatoms. The third-order valence-electron chi connectivity index (χ3n) is 3.77. The smallest absolute Gasteiger partial charge is 0.158 e. The molecule has 2 fully saturated rings. The van der Waals surface area contributed by atoms with Gasteiger partial charge in [-0.1, -0.05) is 13.8 Å². The third-order valence-corrected chi connectivity index (χ3v) is 3.77. The monoisotopic (exact) mass is 184 g/mol. The van der Waals surface area contributed by atoms with E-state index in [0.717, 1.165) is 12.3 Å². The van der Waals surface area contributed by atoms with Crippen molar-refractivity contribution in [3.8, 4) is 0 Å². The molecular weight excluding hydrogens is 164 g/mol. The van der Waals surface area contributed by atoms with Gasteiger partial charge in [0, 0.05) is 13.5 Å². The van der Waals surface area contributed by atoms with Gasteiger partial charge in [0.2, 0.25) is 0 Å². The van der Waals surface area contributed by atoms with E-state index >= 15 is 0 Å². The quantitative estimate of drug-likeness (QED) is 0.623. The highest BCUT2D eigenvalue weighted by atomic mass is 16.7. The van der Waals surface area contributed by atoms with E-state index in [1.807, 2.05) is 0 Å². The largest absolute Gasteiger partial charge is 0.356 e. The molecule has 0 unspecified atom stereocenters. The maximum Gasteiger partial charge on any atom is 0.158 e. The molecule has 0 radical (unpaired) electrons. The predicted octanol–water partition coefficient (Wildman–Crippen LogP) is 2.57. The van der Waals surface area contributed by atoms with Gasteiger partial charge in [-0.2, -0.15) is 0 Å². The van der Waals surface area contributed by atoms with Crippen molar-refractivity contribution < 1.29 is 9.47 Å². The maximum atomic E-state index is 5.93. The summed E-state index contributed by atoms with van der Waals surface area (Å²) in [6.45, 7) is 6.93. The van der Waals surface area contributed by atoms with Crippen LogP contribution in [0.3, 0.4) is 0 Å². The molecule has 2 rings (SSSR count). The molecule has 1 saturated heterocycles. The van der Waals surface area contributed by atoms with E-state index in [0.29, 0.717) is 5.41 Å². The fourth-order valence-electron chi connectivity index (χ4n) is 3.21. The van der Waals surface area contributed by atoms with Gasteiger partial charge in [0.1, 0.15) is 0 Å². The Labute approximate surface area is 80.6 Å². The number of methoxy groups -OCH3 is 1. The molecule has 0 spiro atoms. The Kier molecular flexibility index (Phi) is 1.97. The molecule has 0 aromatic rings. The molecule has 2 bridgehead atoms. The van der Waals surface area contributed by atoms with Gasteiger partial charge in [0.15, 0.2) is 6.29 Å². The zero-order valence-corrected chi connectivity index (χ0v) is 9.09. The molecule has 76 valence electrons. The fourth-order valence-corrected chi connectivity index (χ4v) is 3.21. The van der Waals surface area contributed by atoms with Crippen molar-refractivity contribution >= 4 is 0 Å². The van der Waals surface area contributed by atoms with Gasteiger partial charge in [-0.3, -0.25) is 0 Å². The lowest BCUT2D eigenvalue weighted by molar-refractivity contribution is -0.215. The highest BCUT2D eigenvalue weighted by molar-refractivity contribution is 5.01. The number of fused-ring (bicyclic) bond motifs is 2. The molecule has 3 atom stereocenters. The van der Waals surface area contributed by atoms with Crippen molar-refractivity contribution in [2.75, 3.05) is 7.11 Å². The first-order chi connectivity index (χ1) is 5.95. The summed E-state index contributed by atoms with van der Waals surface area (Å²) < 4.78 is 11.2. The third kappa shape index (κ3) is 1.50. The Morgan fingerprint density at radius 3 is 2.54 bits per heavy atom. The van der Waals surface area contributed by atoms with E-state index in [9.17, 15) is 0 Å². The Morgan fingerprint density at radius 2 is 2.00 bits per heavy atom. The van der Waals surface area contributed by atoms with Gasteiger partial charge in [0.25, 0.3) is 0 Å². The lowest BCUT2D eigenvalue weighted by Gasteiger charge is -2.35. The van der Waals surface area contributed by atoms with Crippen LogP contribution in [-0.2, 0) is 9.47 Å². The zero-order valence-electron chi connectivity index (χ0n) is 9.09. The normalized spacial score (nSPS) is 48.0. The molecule has 0 amide bonds. The molecule has 1 aliphatic carbocycles. The van der Waals surface area contributed by atoms with E-state index in [1.54, 1.807) is 7.11 Å². The van der Waals surface area contributed by atoms with Gasteiger partial charge >= 0.3 is 0 Å². The summed E-state index contributed by atoms with van der Waals surface area (Å²) in [6.07, 6.45) is 3.48. The summed E-state index contributed by atoms with van der Waals surface area (Å²) in [5, 5.41) is 0. The van der Waals surface area contributed by atoms with Crippen molar-refractivity contribution in [3.05, 3.63) is 0 Å². The van der Waals surface area contributed by atoms with Gasteiger partial charge in [-0.05, 0) is 31.1 Å². The second-order valence-electron chi connectivity index (χ2n) is 5.54. The van der Waals surface area contributed by atoms with Crippen molar-refractivity contribution in [2.45, 2.75) is 51.9 Å². The number of hydrogen-bond donors (Lipinski definition) is 0. The minimum atomic E-state index is 0.0329. The first-order valence-corrected chi connectivity index (χ1v) is 5.16. The van der Waals surface area contributed by atoms with Gasteiger partial charge < -0.3 is 9.47 Å². The van der Waals surface area contributed by atoms with Gasteiger partial charge in [0.05, 0.1) is 5.60 Å². The molecule has 1 heterocycles. The molecule has 0 aromatic carbocycles. The van der Waals surface area contributed by atoms with Crippen LogP contribution in [0.4, 0.5) is 0 Å². The number of hydrogen-bond acceptors (Lipinski definition) is 2. The van der Waals surface area contributed by atoms with Crippen LogP contribution in [0.5, 0.6) is 0 Å². The van der Waals surface area contributed by atoms with Crippen LogP contribution >= 0.6 is 0 Å². The summed E-state index contributed by atoms with van der Waals surface area (Å²) in [5.74, 6) is 0.774. The first kappa shape index (κ1) is 9.47. The summed E-state index contributed by atoms with van der Waals surface area (Å²) in [7, 11) is 1.74. The van der Waals surface area contributed by atoms with Crippen LogP contribution in [0.1, 0.15) is 40.0 Å². The van der Waals surface area contributed by atoms with Crippen LogP contribution in [0.15, 0.2) is 0 Å². The van der Waals surface area contributed by atoms with Crippen molar-refractivity contribution in [1.82, 2.24) is 0 Å². The zero-order chi connectivity index (χ0) is 9.69. The Balaban J connectivity index is 2.18. The second kappa shape index (κ2) is 2.71. The number of rotatable bonds is 1. The summed E-state index contributed by atoms with van der Waals surface area (Å²) in [4.78, 5) is 0. The first-order valence-electron chi connectivity index (χ1n) is 5.16. The number of ether oxygens (including phenoxy) is 2. The Hall–Kier alpha value is -0.0800. The highest BCUT2D eigenvalue weighted by Crippen LogP contribution is 2.55. The molecular formula is C11H20O2. The van der Waals surface area contributed by atoms with Crippen LogP contribution in [0.25, 0.3) is 0 Å². The molecule has 13 heavy (non-hydrogen) atoms. The van der Waals surface area contributed by atoms with E-state index < -0.39 is 0 Å². The topological polar surface area (TPSA) is 18.5 Å². The van der Waals surface area contributed by atoms with Gasteiger partial charge in [-0.15, -0.1) is 0 Å². The van der Waals surface area contributed by atoms with Crippen LogP contribution in [-0.4, -0.2) is 19.0 Å². The Bertz CT molecular complexity index is 212. The molecule has 0 N–H and O–H groups in total. The van der Waals surface area contributed by atoms with Crippen LogP contribution < -0.4 is 0 Å². The molecule has 1 aliphatic heterocycles. The van der Waals surface area contributed by atoms with Crippen LogP contribution in [0.2, 0.25) is 0 Å². The van der Waals surface area contributed by atoms with E-state index in [4.69, 9.17) is 9.47 Å². The minimum absolute atomic E-state index is 0.0329. The second-order valence-corrected chi connectivity index (χ2v) is 5.54. The molecule has 0 aromatic heterocycles. The average molecular weight is 184 g/mol. The fraction of sp³-hybridized carbons (Fsp3) is 1.00. The predicted molar refractivity (Wildman–Crippen MR) is 51.4 cm³/mol. The molecule has 1 saturated carbocycles. The summed E-state index contributed by atoms with van der Waals surface area (Å²) >= 11 is 0. The highest BCUT2D eigenvalue weighted by Gasteiger charge is 2.52. The SMILES string of the molecule is CO[C@@H]1C[C@@H]2C[C@@](C)(CC2(C)C)O1.